The second-order valence-corrected chi connectivity index (χ2v) is 8.47. The quantitative estimate of drug-likeness (QED) is 0.496. The van der Waals surface area contributed by atoms with Gasteiger partial charge >= 0.3 is 0 Å². The minimum atomic E-state index is -0.114. The number of hydrogen-bond donors (Lipinski definition) is 0. The van der Waals surface area contributed by atoms with E-state index in [9.17, 15) is 4.79 Å². The predicted octanol–water partition coefficient (Wildman–Crippen LogP) is 3.11. The fourth-order valence-electron chi connectivity index (χ4n) is 4.03. The van der Waals surface area contributed by atoms with Crippen LogP contribution in [0.15, 0.2) is 47.7 Å². The van der Waals surface area contributed by atoms with E-state index < -0.39 is 0 Å². The van der Waals surface area contributed by atoms with Crippen LogP contribution in [0.5, 0.6) is 0 Å². The van der Waals surface area contributed by atoms with E-state index in [4.69, 9.17) is 16.6 Å². The van der Waals surface area contributed by atoms with Gasteiger partial charge in [-0.15, -0.1) is 0 Å². The lowest BCUT2D eigenvalue weighted by atomic mass is 10.2. The number of likely N-dealkylation sites (N-methyl/N-ethyl adjacent to an activating group) is 1. The van der Waals surface area contributed by atoms with Gasteiger partial charge < -0.3 is 14.2 Å². The molecular formula is C22H23ClN6O. The van der Waals surface area contributed by atoms with Crippen LogP contribution in [0.1, 0.15) is 12.6 Å². The van der Waals surface area contributed by atoms with E-state index >= 15 is 0 Å². The van der Waals surface area contributed by atoms with Gasteiger partial charge in [-0.1, -0.05) is 11.6 Å². The molecule has 0 amide bonds. The predicted molar refractivity (Wildman–Crippen MR) is 120 cm³/mol. The van der Waals surface area contributed by atoms with E-state index in [1.165, 1.54) is 0 Å². The number of hydrogen-bond acceptors (Lipinski definition) is 5. The zero-order valence-electron chi connectivity index (χ0n) is 17.2. The van der Waals surface area contributed by atoms with E-state index in [1.54, 1.807) is 10.5 Å². The molecule has 0 saturated carbocycles. The molecule has 0 aromatic carbocycles. The average Bonchev–Trinajstić information content (AvgIpc) is 3.10. The van der Waals surface area contributed by atoms with Crippen LogP contribution in [0.25, 0.3) is 22.6 Å². The maximum atomic E-state index is 12.9. The number of nitrogens with zero attached hydrogens (tertiary/aromatic N) is 6. The first-order valence-electron chi connectivity index (χ1n) is 10.0. The van der Waals surface area contributed by atoms with Crippen LogP contribution in [0.2, 0.25) is 5.02 Å². The molecule has 4 aromatic heterocycles. The van der Waals surface area contributed by atoms with Gasteiger partial charge in [-0.3, -0.25) is 9.20 Å². The largest absolute Gasteiger partial charge is 0.367 e. The van der Waals surface area contributed by atoms with Gasteiger partial charge in [0.1, 0.15) is 5.65 Å². The monoisotopic (exact) mass is 422 g/mol. The Bertz CT molecular complexity index is 1330. The topological polar surface area (TPSA) is 58.2 Å². The van der Waals surface area contributed by atoms with Crippen molar-refractivity contribution in [2.75, 3.05) is 31.6 Å². The van der Waals surface area contributed by atoms with Gasteiger partial charge in [0.05, 0.1) is 22.1 Å². The van der Waals surface area contributed by atoms with Gasteiger partial charge in [0.15, 0.2) is 5.65 Å². The van der Waals surface area contributed by atoms with E-state index in [2.05, 4.69) is 28.8 Å². The van der Waals surface area contributed by atoms with Crippen LogP contribution in [-0.2, 0) is 0 Å². The van der Waals surface area contributed by atoms with Gasteiger partial charge in [-0.2, -0.15) is 0 Å². The van der Waals surface area contributed by atoms with Crippen molar-refractivity contribution in [2.24, 2.45) is 0 Å². The van der Waals surface area contributed by atoms with E-state index in [-0.39, 0.29) is 5.56 Å². The number of pyridine rings is 2. The number of piperazine rings is 1. The van der Waals surface area contributed by atoms with E-state index in [1.807, 2.05) is 48.1 Å². The highest BCUT2D eigenvalue weighted by Crippen LogP contribution is 2.25. The van der Waals surface area contributed by atoms with Crippen LogP contribution in [0.3, 0.4) is 0 Å². The third kappa shape index (κ3) is 3.24. The minimum Gasteiger partial charge on any atom is -0.367 e. The number of aromatic nitrogens is 4. The first-order chi connectivity index (χ1) is 14.4. The fourth-order valence-corrected chi connectivity index (χ4v) is 4.29. The summed E-state index contributed by atoms with van der Waals surface area (Å²) in [5.41, 5.74) is 4.49. The lowest BCUT2D eigenvalue weighted by molar-refractivity contribution is 0.234. The van der Waals surface area contributed by atoms with Gasteiger partial charge in [0, 0.05) is 55.9 Å². The molecule has 0 spiro atoms. The number of anilines is 1. The number of fused-ring (bicyclic) bond motifs is 2. The first-order valence-corrected chi connectivity index (χ1v) is 10.4. The smallest absolute Gasteiger partial charge is 0.258 e. The maximum absolute atomic E-state index is 12.9. The summed E-state index contributed by atoms with van der Waals surface area (Å²) >= 11 is 6.41. The second kappa shape index (κ2) is 7.11. The number of rotatable bonds is 2. The summed E-state index contributed by atoms with van der Waals surface area (Å²) in [6, 6.07) is 7.79. The van der Waals surface area contributed by atoms with E-state index in [0.717, 1.165) is 36.6 Å². The Hall–Kier alpha value is -2.90. The summed E-state index contributed by atoms with van der Waals surface area (Å²) in [6.45, 7) is 7.02. The highest BCUT2D eigenvalue weighted by molar-refractivity contribution is 6.33. The Morgan fingerprint density at radius 1 is 1.10 bits per heavy atom. The third-order valence-corrected chi connectivity index (χ3v) is 6.17. The summed E-state index contributed by atoms with van der Waals surface area (Å²) in [5, 5.41) is 0.530. The molecule has 1 aliphatic rings. The zero-order valence-corrected chi connectivity index (χ0v) is 18.0. The Kier molecular flexibility index (Phi) is 4.52. The number of halogens is 1. The van der Waals surface area contributed by atoms with Crippen LogP contribution >= 0.6 is 11.6 Å². The Balaban J connectivity index is 1.56. The summed E-state index contributed by atoms with van der Waals surface area (Å²) in [5.74, 6) is 0. The van der Waals surface area contributed by atoms with E-state index in [0.29, 0.717) is 28.1 Å². The normalized spacial score (nSPS) is 17.9. The van der Waals surface area contributed by atoms with Crippen molar-refractivity contribution in [1.29, 1.82) is 0 Å². The summed E-state index contributed by atoms with van der Waals surface area (Å²) in [7, 11) is 2.15. The molecule has 0 bridgehead atoms. The van der Waals surface area contributed by atoms with Crippen molar-refractivity contribution >= 4 is 28.6 Å². The van der Waals surface area contributed by atoms with Crippen LogP contribution in [0.4, 0.5) is 5.69 Å². The maximum Gasteiger partial charge on any atom is 0.258 e. The van der Waals surface area contributed by atoms with Crippen LogP contribution < -0.4 is 10.5 Å². The Morgan fingerprint density at radius 2 is 1.93 bits per heavy atom. The first kappa shape index (κ1) is 19.1. The molecule has 1 aliphatic heterocycles. The zero-order chi connectivity index (χ0) is 21.0. The second-order valence-electron chi connectivity index (χ2n) is 8.06. The fraction of sp³-hybridized carbons (Fsp3) is 0.318. The highest BCUT2D eigenvalue weighted by Gasteiger charge is 2.21. The molecule has 8 heteroatoms. The molecule has 0 unspecified atom stereocenters. The lowest BCUT2D eigenvalue weighted by Crippen LogP contribution is -2.50. The van der Waals surface area contributed by atoms with Crippen LogP contribution in [0, 0.1) is 6.92 Å². The van der Waals surface area contributed by atoms with Gasteiger partial charge in [0.25, 0.3) is 5.56 Å². The van der Waals surface area contributed by atoms with Crippen LogP contribution in [-0.4, -0.2) is 56.4 Å². The Morgan fingerprint density at radius 3 is 2.73 bits per heavy atom. The molecule has 0 aliphatic carbocycles. The molecule has 7 nitrogen and oxygen atoms in total. The molecule has 1 atom stereocenters. The van der Waals surface area contributed by atoms with Gasteiger partial charge in [-0.05, 0) is 39.1 Å². The summed E-state index contributed by atoms with van der Waals surface area (Å²) < 4.78 is 3.48. The molecule has 154 valence electrons. The van der Waals surface area contributed by atoms with Crippen molar-refractivity contribution in [3.63, 3.8) is 0 Å². The third-order valence-electron chi connectivity index (χ3n) is 5.89. The standard InChI is InChI=1S/C22H23ClN6O/c1-14-10-28-12-16(8-18(23)22(28)24-14)19-9-21(30)29-13-17(4-5-20(29)25-19)27-7-6-26(3)15(2)11-27/h4-5,8-10,12-13,15H,6-7,11H2,1-3H3/t15-/m0/s1. The number of imidazole rings is 1. The minimum absolute atomic E-state index is 0.114. The lowest BCUT2D eigenvalue weighted by Gasteiger charge is -2.39. The summed E-state index contributed by atoms with van der Waals surface area (Å²) in [6.07, 6.45) is 5.70. The van der Waals surface area contributed by atoms with Crippen molar-refractivity contribution < 1.29 is 0 Å². The van der Waals surface area contributed by atoms with Crippen molar-refractivity contribution in [1.82, 2.24) is 23.7 Å². The molecule has 5 heterocycles. The highest BCUT2D eigenvalue weighted by atomic mass is 35.5. The number of aryl methyl sites for hydroxylation is 1. The molecular weight excluding hydrogens is 400 g/mol. The van der Waals surface area contributed by atoms with Gasteiger partial charge in [0.2, 0.25) is 0 Å². The Labute approximate surface area is 179 Å². The van der Waals surface area contributed by atoms with Crippen molar-refractivity contribution in [2.45, 2.75) is 19.9 Å². The molecule has 1 saturated heterocycles. The molecule has 0 N–H and O–H groups in total. The summed E-state index contributed by atoms with van der Waals surface area (Å²) in [4.78, 5) is 26.7. The molecule has 0 radical (unpaired) electrons. The molecule has 5 rings (SSSR count). The molecule has 4 aromatic rings. The van der Waals surface area contributed by atoms with Gasteiger partial charge in [-0.25, -0.2) is 9.97 Å². The van der Waals surface area contributed by atoms with Crippen molar-refractivity contribution in [3.05, 3.63) is 63.9 Å². The average molecular weight is 423 g/mol. The molecule has 30 heavy (non-hydrogen) atoms. The molecule has 1 fully saturated rings. The SMILES string of the molecule is Cc1cn2cc(-c3cc(=O)n4cc(N5CCN(C)[C@@H](C)C5)ccc4n3)cc(Cl)c2n1. The van der Waals surface area contributed by atoms with Crippen molar-refractivity contribution in [3.8, 4) is 11.3 Å².